The van der Waals surface area contributed by atoms with Crippen molar-refractivity contribution in [2.24, 2.45) is 5.92 Å². The molecule has 0 radical (unpaired) electrons. The summed E-state index contributed by atoms with van der Waals surface area (Å²) in [4.78, 5) is 0. The number of hydrogen-bond donors (Lipinski definition) is 0. The zero-order valence-electron chi connectivity index (χ0n) is 9.71. The molecule has 2 rings (SSSR count). The van der Waals surface area contributed by atoms with Crippen molar-refractivity contribution in [1.29, 1.82) is 0 Å². The number of hydrogen-bond acceptors (Lipinski definition) is 3. The first kappa shape index (κ1) is 12.4. The van der Waals surface area contributed by atoms with Crippen LogP contribution in [0.25, 0.3) is 0 Å². The molecule has 0 spiro atoms. The monoisotopic (exact) mass is 255 g/mol. The van der Waals surface area contributed by atoms with Gasteiger partial charge in [0.25, 0.3) is 0 Å². The first-order valence-electron chi connectivity index (χ1n) is 6.00. The van der Waals surface area contributed by atoms with Crippen molar-refractivity contribution < 1.29 is 13.1 Å². The molecule has 0 amide bonds. The van der Waals surface area contributed by atoms with E-state index in [1.807, 2.05) is 0 Å². The van der Waals surface area contributed by atoms with E-state index in [0.717, 1.165) is 25.7 Å². The Morgan fingerprint density at radius 2 is 1.94 bits per heavy atom. The Kier molecular flexibility index (Phi) is 3.66. The lowest BCUT2D eigenvalue weighted by Crippen LogP contribution is -2.35. The lowest BCUT2D eigenvalue weighted by atomic mass is 9.91. The van der Waals surface area contributed by atoms with Gasteiger partial charge in [-0.2, -0.15) is 4.73 Å². The molecule has 0 saturated heterocycles. The highest BCUT2D eigenvalue weighted by Gasteiger charge is 2.28. The van der Waals surface area contributed by atoms with Crippen LogP contribution in [-0.2, 0) is 9.84 Å². The van der Waals surface area contributed by atoms with Gasteiger partial charge in [0.15, 0.2) is 6.20 Å². The number of aromatic nitrogens is 1. The summed E-state index contributed by atoms with van der Waals surface area (Å²) in [5.74, 6) is 0.327. The molecule has 1 aromatic heterocycles. The molecular weight excluding hydrogens is 238 g/mol. The molecule has 5 heteroatoms. The zero-order valence-corrected chi connectivity index (χ0v) is 10.5. The molecule has 0 atom stereocenters. The van der Waals surface area contributed by atoms with Gasteiger partial charge in [-0.15, -0.1) is 0 Å². The van der Waals surface area contributed by atoms with Crippen LogP contribution >= 0.6 is 0 Å². The first-order chi connectivity index (χ1) is 8.09. The third kappa shape index (κ3) is 2.97. The Bertz CT molecular complexity index is 478. The Hall–Kier alpha value is -1.10. The van der Waals surface area contributed by atoms with Crippen LogP contribution < -0.4 is 4.73 Å². The fraction of sp³-hybridized carbons (Fsp3) is 0.583. The maximum absolute atomic E-state index is 12.1. The van der Waals surface area contributed by atoms with E-state index in [4.69, 9.17) is 0 Å². The van der Waals surface area contributed by atoms with Crippen molar-refractivity contribution in [1.82, 2.24) is 0 Å². The van der Waals surface area contributed by atoms with Gasteiger partial charge in [0.2, 0.25) is 9.84 Å². The van der Waals surface area contributed by atoms with Gasteiger partial charge in [0, 0.05) is 12.1 Å². The minimum Gasteiger partial charge on any atom is -0.618 e. The molecule has 0 aliphatic heterocycles. The fourth-order valence-corrected chi connectivity index (χ4v) is 4.15. The van der Waals surface area contributed by atoms with Gasteiger partial charge in [-0.25, -0.2) is 8.42 Å². The Labute approximate surface area is 102 Å². The van der Waals surface area contributed by atoms with Crippen LogP contribution in [0.1, 0.15) is 32.1 Å². The highest BCUT2D eigenvalue weighted by atomic mass is 32.2. The molecular formula is C12H17NO3S. The van der Waals surface area contributed by atoms with Gasteiger partial charge in [-0.3, -0.25) is 0 Å². The number of rotatable bonds is 3. The molecule has 1 aliphatic carbocycles. The molecule has 1 saturated carbocycles. The number of sulfone groups is 1. The molecule has 94 valence electrons. The van der Waals surface area contributed by atoms with Gasteiger partial charge < -0.3 is 5.21 Å². The van der Waals surface area contributed by atoms with Crippen molar-refractivity contribution in [2.75, 3.05) is 5.75 Å². The summed E-state index contributed by atoms with van der Waals surface area (Å²) in [6, 6.07) is 4.50. The predicted molar refractivity (Wildman–Crippen MR) is 64.0 cm³/mol. The van der Waals surface area contributed by atoms with E-state index in [-0.39, 0.29) is 16.7 Å². The third-order valence-corrected chi connectivity index (χ3v) is 5.15. The quantitative estimate of drug-likeness (QED) is 0.609. The average Bonchev–Trinajstić information content (AvgIpc) is 2.30. The highest BCUT2D eigenvalue weighted by Crippen LogP contribution is 2.26. The van der Waals surface area contributed by atoms with Crippen molar-refractivity contribution in [3.63, 3.8) is 0 Å². The minimum absolute atomic E-state index is 0.110. The Morgan fingerprint density at radius 1 is 1.24 bits per heavy atom. The third-order valence-electron chi connectivity index (χ3n) is 3.29. The van der Waals surface area contributed by atoms with Crippen molar-refractivity contribution in [3.8, 4) is 0 Å². The van der Waals surface area contributed by atoms with E-state index in [2.05, 4.69) is 0 Å². The molecule has 0 N–H and O–H groups in total. The minimum atomic E-state index is -3.44. The van der Waals surface area contributed by atoms with Gasteiger partial charge in [0.1, 0.15) is 0 Å². The van der Waals surface area contributed by atoms with Crippen LogP contribution in [-0.4, -0.2) is 14.2 Å². The molecule has 1 heterocycles. The van der Waals surface area contributed by atoms with Gasteiger partial charge >= 0.3 is 5.03 Å². The Morgan fingerprint density at radius 3 is 2.59 bits per heavy atom. The van der Waals surface area contributed by atoms with E-state index in [1.165, 1.54) is 24.8 Å². The predicted octanol–water partition coefficient (Wildman–Crippen LogP) is 1.67. The molecule has 1 aromatic rings. The summed E-state index contributed by atoms with van der Waals surface area (Å²) < 4.78 is 24.6. The topological polar surface area (TPSA) is 61.1 Å². The van der Waals surface area contributed by atoms with E-state index >= 15 is 0 Å². The van der Waals surface area contributed by atoms with Crippen molar-refractivity contribution in [3.05, 3.63) is 29.6 Å². The molecule has 17 heavy (non-hydrogen) atoms. The molecule has 1 aliphatic rings. The number of nitrogens with zero attached hydrogens (tertiary/aromatic N) is 1. The van der Waals surface area contributed by atoms with E-state index < -0.39 is 9.84 Å². The van der Waals surface area contributed by atoms with Gasteiger partial charge in [0.05, 0.1) is 5.75 Å². The Balaban J connectivity index is 2.16. The largest absolute Gasteiger partial charge is 0.618 e. The summed E-state index contributed by atoms with van der Waals surface area (Å²) in [5.41, 5.74) is 0. The van der Waals surface area contributed by atoms with Crippen LogP contribution in [0, 0.1) is 11.1 Å². The molecule has 0 bridgehead atoms. The average molecular weight is 255 g/mol. The van der Waals surface area contributed by atoms with E-state index in [1.54, 1.807) is 6.07 Å². The fourth-order valence-electron chi connectivity index (χ4n) is 2.40. The zero-order chi connectivity index (χ0) is 12.3. The second-order valence-electron chi connectivity index (χ2n) is 4.65. The van der Waals surface area contributed by atoms with E-state index in [0.29, 0.717) is 4.73 Å². The van der Waals surface area contributed by atoms with Gasteiger partial charge in [-0.1, -0.05) is 19.3 Å². The van der Waals surface area contributed by atoms with Crippen molar-refractivity contribution >= 4 is 9.84 Å². The number of pyridine rings is 1. The van der Waals surface area contributed by atoms with Crippen LogP contribution in [0.5, 0.6) is 0 Å². The molecule has 1 fully saturated rings. The van der Waals surface area contributed by atoms with Crippen LogP contribution in [0.2, 0.25) is 0 Å². The summed E-state index contributed by atoms with van der Waals surface area (Å²) in [5, 5.41) is 11.3. The first-order valence-corrected chi connectivity index (χ1v) is 7.66. The second kappa shape index (κ2) is 5.04. The smallest absolute Gasteiger partial charge is 0.308 e. The molecule has 4 nitrogen and oxygen atoms in total. The maximum atomic E-state index is 12.1. The van der Waals surface area contributed by atoms with E-state index in [9.17, 15) is 13.6 Å². The summed E-state index contributed by atoms with van der Waals surface area (Å²) in [7, 11) is -3.44. The standard InChI is InChI=1S/C12H17NO3S/c14-13-9-5-4-8-12(13)17(15,16)10-11-6-2-1-3-7-11/h4-5,8-9,11H,1-3,6-7,10H2. The van der Waals surface area contributed by atoms with Crippen LogP contribution in [0.4, 0.5) is 0 Å². The molecule has 0 unspecified atom stereocenters. The normalized spacial score (nSPS) is 18.1. The van der Waals surface area contributed by atoms with Crippen molar-refractivity contribution in [2.45, 2.75) is 37.1 Å². The molecule has 0 aromatic carbocycles. The maximum Gasteiger partial charge on any atom is 0.308 e. The lowest BCUT2D eigenvalue weighted by Gasteiger charge is -2.20. The SMILES string of the molecule is O=S(=O)(CC1CCCCC1)c1cccc[n+]1[O-]. The highest BCUT2D eigenvalue weighted by molar-refractivity contribution is 7.91. The summed E-state index contributed by atoms with van der Waals surface area (Å²) in [6.07, 6.45) is 6.56. The summed E-state index contributed by atoms with van der Waals surface area (Å²) in [6.45, 7) is 0. The summed E-state index contributed by atoms with van der Waals surface area (Å²) >= 11 is 0. The van der Waals surface area contributed by atoms with Crippen LogP contribution in [0.3, 0.4) is 0 Å². The van der Waals surface area contributed by atoms with Gasteiger partial charge in [-0.05, 0) is 24.8 Å². The van der Waals surface area contributed by atoms with Crippen LogP contribution in [0.15, 0.2) is 29.4 Å². The second-order valence-corrected chi connectivity index (χ2v) is 6.63. The lowest BCUT2D eigenvalue weighted by molar-refractivity contribution is -0.646.